The summed E-state index contributed by atoms with van der Waals surface area (Å²) in [6.07, 6.45) is 0. The van der Waals surface area contributed by atoms with E-state index in [2.05, 4.69) is 65.2 Å². The number of rotatable bonds is 0. The first-order valence-electron chi connectivity index (χ1n) is 13.3. The van der Waals surface area contributed by atoms with Crippen molar-refractivity contribution in [1.29, 1.82) is 0 Å². The maximum atomic E-state index is 5.30. The molecule has 184 valence electrons. The molecule has 5 aromatic rings. The van der Waals surface area contributed by atoms with Crippen molar-refractivity contribution in [3.8, 4) is 0 Å². The van der Waals surface area contributed by atoms with Crippen molar-refractivity contribution in [2.24, 2.45) is 30.0 Å². The standard InChI is InChI=1S/C33H17N7/c1-2-10-18-17(9-1)25-27-26(18)35-29-20-12-4-6-14-22(20)31(37-29)39-33-24-16-8-7-15-23(24)32(40(27)33)38-30-21-13-5-3-11-19(21)28(34-25)36-30/h1-16,27H/b34-25?,34-28-,35-26?,35-29-,38-30?,38-32-,39-31?,39-33-. The van der Waals surface area contributed by atoms with E-state index in [0.29, 0.717) is 23.3 Å². The van der Waals surface area contributed by atoms with Crippen molar-refractivity contribution >= 4 is 45.5 Å². The van der Waals surface area contributed by atoms with Crippen LogP contribution < -0.4 is 21.4 Å². The van der Waals surface area contributed by atoms with E-state index in [-0.39, 0.29) is 6.04 Å². The molecule has 1 aromatic heterocycles. The molecule has 4 aliphatic heterocycles. The van der Waals surface area contributed by atoms with Gasteiger partial charge in [-0.3, -0.25) is 4.57 Å². The first-order chi connectivity index (χ1) is 19.8. The van der Waals surface area contributed by atoms with Gasteiger partial charge in [-0.05, 0) is 0 Å². The minimum atomic E-state index is -0.355. The number of hydrogen-bond donors (Lipinski definition) is 0. The van der Waals surface area contributed by atoms with Gasteiger partial charge < -0.3 is 0 Å². The second kappa shape index (κ2) is 7.09. The second-order valence-corrected chi connectivity index (χ2v) is 10.3. The predicted molar refractivity (Wildman–Crippen MR) is 155 cm³/mol. The Hall–Kier alpha value is -5.56. The van der Waals surface area contributed by atoms with E-state index in [1.54, 1.807) is 0 Å². The van der Waals surface area contributed by atoms with E-state index in [1.165, 1.54) is 0 Å². The minimum Gasteiger partial charge on any atom is -0.295 e. The summed E-state index contributed by atoms with van der Waals surface area (Å²) in [7, 11) is 0. The van der Waals surface area contributed by atoms with E-state index < -0.39 is 0 Å². The van der Waals surface area contributed by atoms with Crippen LogP contribution >= 0.6 is 0 Å². The van der Waals surface area contributed by atoms with Crippen molar-refractivity contribution in [1.82, 2.24) is 4.57 Å². The molecular formula is C33H17N7. The Bertz CT molecular complexity index is 2270. The molecule has 1 aliphatic carbocycles. The molecule has 7 heteroatoms. The van der Waals surface area contributed by atoms with E-state index in [0.717, 1.165) is 65.8 Å². The van der Waals surface area contributed by atoms with E-state index in [1.807, 2.05) is 36.4 Å². The number of nitrogens with zero attached hydrogens (tertiary/aromatic N) is 7. The number of amidine groups is 4. The van der Waals surface area contributed by atoms with Gasteiger partial charge in [0, 0.05) is 43.5 Å². The molecule has 0 saturated heterocycles. The van der Waals surface area contributed by atoms with Gasteiger partial charge in [0.25, 0.3) is 0 Å². The van der Waals surface area contributed by atoms with Crippen LogP contribution in [0.2, 0.25) is 0 Å². The van der Waals surface area contributed by atoms with Gasteiger partial charge in [-0.2, -0.15) is 0 Å². The summed E-state index contributed by atoms with van der Waals surface area (Å²) >= 11 is 0. The molecule has 5 heterocycles. The molecule has 0 atom stereocenters. The Kier molecular flexibility index (Phi) is 3.62. The molecule has 0 amide bonds. The van der Waals surface area contributed by atoms with Crippen LogP contribution in [-0.2, 0) is 0 Å². The summed E-state index contributed by atoms with van der Waals surface area (Å²) in [6, 6.07) is 32.7. The molecule has 4 bridgehead atoms. The van der Waals surface area contributed by atoms with Crippen molar-refractivity contribution in [3.63, 3.8) is 0 Å². The molecule has 0 N–H and O–H groups in total. The van der Waals surface area contributed by atoms with Crippen LogP contribution in [0.15, 0.2) is 127 Å². The van der Waals surface area contributed by atoms with Gasteiger partial charge in [0.1, 0.15) is 17.0 Å². The summed E-state index contributed by atoms with van der Waals surface area (Å²) in [5, 5.41) is 4.08. The largest absolute Gasteiger partial charge is 0.295 e. The van der Waals surface area contributed by atoms with Gasteiger partial charge in [0.2, 0.25) is 0 Å². The average molecular weight is 512 g/mol. The number of benzene rings is 4. The SMILES string of the molecule is c1ccc2c(c1)C1=NC/2=N\C2=c3ccccc3=C3/N=C4N=C(/N=c5/c6ccccc6/c(n5C23)=N/1)c1ccccc1\4. The third-order valence-electron chi connectivity index (χ3n) is 8.24. The van der Waals surface area contributed by atoms with Crippen LogP contribution in [0.1, 0.15) is 28.3 Å². The van der Waals surface area contributed by atoms with Crippen molar-refractivity contribution in [2.75, 3.05) is 0 Å². The lowest BCUT2D eigenvalue weighted by Gasteiger charge is -2.18. The minimum absolute atomic E-state index is 0.355. The van der Waals surface area contributed by atoms with Crippen LogP contribution in [0.5, 0.6) is 0 Å². The lowest BCUT2D eigenvalue weighted by molar-refractivity contribution is 0.684. The highest BCUT2D eigenvalue weighted by Gasteiger charge is 2.36. The Morgan fingerprint density at radius 1 is 0.400 bits per heavy atom. The molecule has 4 aromatic carbocycles. The molecule has 0 fully saturated rings. The molecule has 10 rings (SSSR count). The smallest absolute Gasteiger partial charge is 0.164 e. The first-order valence-corrected chi connectivity index (χ1v) is 13.3. The molecule has 40 heavy (non-hydrogen) atoms. The summed E-state index contributed by atoms with van der Waals surface area (Å²) in [5.74, 6) is 2.66. The van der Waals surface area contributed by atoms with Gasteiger partial charge >= 0.3 is 0 Å². The molecule has 0 saturated carbocycles. The van der Waals surface area contributed by atoms with Gasteiger partial charge in [-0.15, -0.1) is 0 Å². The molecule has 0 radical (unpaired) electrons. The second-order valence-electron chi connectivity index (χ2n) is 10.3. The zero-order valence-corrected chi connectivity index (χ0v) is 20.9. The van der Waals surface area contributed by atoms with E-state index in [9.17, 15) is 0 Å². The van der Waals surface area contributed by atoms with Crippen LogP contribution in [0.25, 0.3) is 22.2 Å². The van der Waals surface area contributed by atoms with E-state index >= 15 is 0 Å². The Labute approximate surface area is 226 Å². The summed E-state index contributed by atoms with van der Waals surface area (Å²) in [5.41, 5.74) is 7.29. The maximum Gasteiger partial charge on any atom is 0.164 e. The quantitative estimate of drug-likeness (QED) is 0.307. The zero-order valence-electron chi connectivity index (χ0n) is 20.9. The fraction of sp³-hybridized carbons (Fsp3) is 0.0303. The van der Waals surface area contributed by atoms with Gasteiger partial charge in [-0.1, -0.05) is 97.1 Å². The van der Waals surface area contributed by atoms with Crippen LogP contribution in [0, 0.1) is 0 Å². The normalized spacial score (nSPS) is 21.6. The highest BCUT2D eigenvalue weighted by Crippen LogP contribution is 2.35. The fourth-order valence-corrected chi connectivity index (χ4v) is 6.50. The summed E-state index contributed by atoms with van der Waals surface area (Å²) in [4.78, 5) is 31.1. The highest BCUT2D eigenvalue weighted by atomic mass is 15.2. The van der Waals surface area contributed by atoms with Crippen molar-refractivity contribution < 1.29 is 0 Å². The van der Waals surface area contributed by atoms with Gasteiger partial charge in [-0.25, -0.2) is 30.0 Å². The highest BCUT2D eigenvalue weighted by molar-refractivity contribution is 6.25. The third-order valence-corrected chi connectivity index (χ3v) is 8.24. The first kappa shape index (κ1) is 20.4. The van der Waals surface area contributed by atoms with Crippen LogP contribution in [0.4, 0.5) is 0 Å². The van der Waals surface area contributed by atoms with Gasteiger partial charge in [0.15, 0.2) is 23.3 Å². The third kappa shape index (κ3) is 2.45. The average Bonchev–Trinajstić information content (AvgIpc) is 3.72. The number of aromatic nitrogens is 1. The molecule has 7 nitrogen and oxygen atoms in total. The zero-order chi connectivity index (χ0) is 25.9. The van der Waals surface area contributed by atoms with E-state index in [4.69, 9.17) is 30.0 Å². The number of hydrogen-bond acceptors (Lipinski definition) is 6. The molecular weight excluding hydrogens is 494 g/mol. The summed E-state index contributed by atoms with van der Waals surface area (Å²) < 4.78 is 2.21. The maximum absolute atomic E-state index is 5.30. The molecule has 0 spiro atoms. The molecule has 5 aliphatic rings. The molecule has 0 unspecified atom stereocenters. The van der Waals surface area contributed by atoms with Crippen molar-refractivity contribution in [2.45, 2.75) is 6.04 Å². The van der Waals surface area contributed by atoms with Crippen LogP contribution in [-0.4, -0.2) is 27.9 Å². The Morgan fingerprint density at radius 2 is 0.775 bits per heavy atom. The number of aliphatic imine (C=N–C) groups is 4. The van der Waals surface area contributed by atoms with Gasteiger partial charge in [0.05, 0.1) is 11.4 Å². The Morgan fingerprint density at radius 3 is 1.23 bits per heavy atom. The Balaban J connectivity index is 1.49. The summed E-state index contributed by atoms with van der Waals surface area (Å²) in [6.45, 7) is 0. The fourth-order valence-electron chi connectivity index (χ4n) is 6.50. The lowest BCUT2D eigenvalue weighted by Crippen LogP contribution is -2.34. The monoisotopic (exact) mass is 511 g/mol. The topological polar surface area (TPSA) is 79.1 Å². The predicted octanol–water partition coefficient (Wildman–Crippen LogP) is 2.79. The van der Waals surface area contributed by atoms with Crippen LogP contribution in [0.3, 0.4) is 0 Å². The van der Waals surface area contributed by atoms with Crippen molar-refractivity contribution in [3.05, 3.63) is 141 Å². The lowest BCUT2D eigenvalue weighted by atomic mass is 10.1. The number of fused-ring (bicyclic) bond motifs is 12.